The first-order valence-corrected chi connectivity index (χ1v) is 9.56. The number of hydrogen-bond acceptors (Lipinski definition) is 4. The topological polar surface area (TPSA) is 92.6 Å². The van der Waals surface area contributed by atoms with Crippen LogP contribution in [0.1, 0.15) is 33.1 Å². The van der Waals surface area contributed by atoms with E-state index in [1.165, 1.54) is 48.2 Å². The number of halogens is 1. The minimum absolute atomic E-state index is 0.114. The predicted molar refractivity (Wildman–Crippen MR) is 112 cm³/mol. The fraction of sp³-hybridized carbons (Fsp3) is 0.130. The first-order chi connectivity index (χ1) is 14.9. The summed E-state index contributed by atoms with van der Waals surface area (Å²) in [5.74, 6) is -1.50. The number of nitro benzene ring substituents is 1. The molecule has 8 heteroatoms. The third-order valence-electron chi connectivity index (χ3n) is 5.32. The van der Waals surface area contributed by atoms with Crippen LogP contribution in [0.15, 0.2) is 66.7 Å². The van der Waals surface area contributed by atoms with Gasteiger partial charge in [0.15, 0.2) is 0 Å². The van der Waals surface area contributed by atoms with Crippen molar-refractivity contribution < 1.29 is 18.9 Å². The third kappa shape index (κ3) is 3.75. The molecule has 7 nitrogen and oxygen atoms in total. The molecule has 0 saturated carbocycles. The summed E-state index contributed by atoms with van der Waals surface area (Å²) in [7, 11) is 0. The van der Waals surface area contributed by atoms with E-state index >= 15 is 0 Å². The van der Waals surface area contributed by atoms with Gasteiger partial charge < -0.3 is 10.2 Å². The van der Waals surface area contributed by atoms with Gasteiger partial charge in [0.2, 0.25) is 5.91 Å². The Morgan fingerprint density at radius 3 is 2.58 bits per heavy atom. The molecule has 3 aromatic carbocycles. The van der Waals surface area contributed by atoms with Crippen molar-refractivity contribution in [2.24, 2.45) is 0 Å². The lowest BCUT2D eigenvalue weighted by molar-refractivity contribution is -0.385. The minimum atomic E-state index is -0.767. The van der Waals surface area contributed by atoms with Gasteiger partial charge in [0.05, 0.1) is 11.0 Å². The van der Waals surface area contributed by atoms with Gasteiger partial charge >= 0.3 is 0 Å². The van der Waals surface area contributed by atoms with Gasteiger partial charge in [-0.05, 0) is 36.8 Å². The van der Waals surface area contributed by atoms with Crippen LogP contribution in [0.4, 0.5) is 15.8 Å². The molecule has 1 aliphatic rings. The fourth-order valence-electron chi connectivity index (χ4n) is 3.87. The van der Waals surface area contributed by atoms with E-state index in [4.69, 9.17) is 0 Å². The van der Waals surface area contributed by atoms with Gasteiger partial charge in [-0.15, -0.1) is 0 Å². The Morgan fingerprint density at radius 2 is 1.87 bits per heavy atom. The number of rotatable bonds is 3. The zero-order valence-electron chi connectivity index (χ0n) is 16.5. The van der Waals surface area contributed by atoms with Crippen molar-refractivity contribution in [3.8, 4) is 0 Å². The molecule has 1 N–H and O–H groups in total. The average Bonchev–Trinajstić information content (AvgIpc) is 2.89. The number of carbonyl (C=O) groups excluding carboxylic acids is 2. The highest BCUT2D eigenvalue weighted by atomic mass is 19.1. The Morgan fingerprint density at radius 1 is 1.13 bits per heavy atom. The lowest BCUT2D eigenvalue weighted by Gasteiger charge is -2.31. The number of benzene rings is 3. The molecule has 1 aliphatic heterocycles. The number of nitrogens with one attached hydrogen (secondary N) is 1. The van der Waals surface area contributed by atoms with E-state index in [2.05, 4.69) is 5.32 Å². The molecule has 0 saturated heterocycles. The molecule has 2 amide bonds. The molecule has 156 valence electrons. The highest BCUT2D eigenvalue weighted by Gasteiger charge is 2.35. The van der Waals surface area contributed by atoms with Gasteiger partial charge in [-0.25, -0.2) is 4.39 Å². The molecule has 1 heterocycles. The van der Waals surface area contributed by atoms with Crippen molar-refractivity contribution >= 4 is 23.2 Å². The number of amides is 2. The van der Waals surface area contributed by atoms with Crippen molar-refractivity contribution in [3.05, 3.63) is 105 Å². The van der Waals surface area contributed by atoms with E-state index in [-0.39, 0.29) is 23.4 Å². The summed E-state index contributed by atoms with van der Waals surface area (Å²) in [4.78, 5) is 38.3. The van der Waals surface area contributed by atoms with E-state index < -0.39 is 28.6 Å². The summed E-state index contributed by atoms with van der Waals surface area (Å²) in [6.07, 6.45) is 0. The highest BCUT2D eigenvalue weighted by molar-refractivity contribution is 6.02. The van der Waals surface area contributed by atoms with Crippen molar-refractivity contribution in [1.82, 2.24) is 4.90 Å². The first kappa shape index (κ1) is 20.2. The normalized spacial score (nSPS) is 15.6. The monoisotopic (exact) mass is 419 g/mol. The van der Waals surface area contributed by atoms with E-state index in [0.29, 0.717) is 16.8 Å². The van der Waals surface area contributed by atoms with Crippen molar-refractivity contribution in [2.75, 3.05) is 11.9 Å². The maximum absolute atomic E-state index is 14.2. The van der Waals surface area contributed by atoms with Crippen LogP contribution in [0.2, 0.25) is 0 Å². The number of hydrogen-bond donors (Lipinski definition) is 1. The van der Waals surface area contributed by atoms with Crippen LogP contribution in [-0.2, 0) is 4.79 Å². The summed E-state index contributed by atoms with van der Waals surface area (Å²) in [5.41, 5.74) is 1.64. The van der Waals surface area contributed by atoms with Crippen LogP contribution in [-0.4, -0.2) is 28.2 Å². The molecule has 4 rings (SSSR count). The van der Waals surface area contributed by atoms with Crippen LogP contribution in [0, 0.1) is 22.9 Å². The van der Waals surface area contributed by atoms with Crippen LogP contribution >= 0.6 is 0 Å². The van der Waals surface area contributed by atoms with Crippen LogP contribution in [0.5, 0.6) is 0 Å². The lowest BCUT2D eigenvalue weighted by Crippen LogP contribution is -2.39. The Balaban J connectivity index is 1.91. The number of nitro groups is 1. The summed E-state index contributed by atoms with van der Waals surface area (Å²) in [6.45, 7) is 1.20. The molecule has 0 unspecified atom stereocenters. The molecule has 3 aromatic rings. The molecular formula is C23H18FN3O4. The third-order valence-corrected chi connectivity index (χ3v) is 5.32. The van der Waals surface area contributed by atoms with Crippen molar-refractivity contribution in [1.29, 1.82) is 0 Å². The maximum atomic E-state index is 14.2. The Kier molecular flexibility index (Phi) is 5.21. The number of nitrogens with zero attached hydrogens (tertiary/aromatic N) is 2. The summed E-state index contributed by atoms with van der Waals surface area (Å²) in [6, 6.07) is 16.4. The largest absolute Gasteiger partial charge is 0.324 e. The minimum Gasteiger partial charge on any atom is -0.324 e. The van der Waals surface area contributed by atoms with E-state index in [0.717, 1.165) is 0 Å². The Hall–Kier alpha value is -4.07. The van der Waals surface area contributed by atoms with E-state index in [1.807, 2.05) is 6.07 Å². The quantitative estimate of drug-likeness (QED) is 0.508. The first-order valence-electron chi connectivity index (χ1n) is 9.56. The lowest BCUT2D eigenvalue weighted by atomic mass is 9.94. The second-order valence-corrected chi connectivity index (χ2v) is 7.23. The average molecular weight is 419 g/mol. The van der Waals surface area contributed by atoms with E-state index in [9.17, 15) is 24.1 Å². The molecule has 0 aliphatic carbocycles. The van der Waals surface area contributed by atoms with Crippen LogP contribution in [0.3, 0.4) is 0 Å². The summed E-state index contributed by atoms with van der Waals surface area (Å²) >= 11 is 0. The number of fused-ring (bicyclic) bond motifs is 1. The zero-order chi connectivity index (χ0) is 22.1. The van der Waals surface area contributed by atoms with Crippen molar-refractivity contribution in [2.45, 2.75) is 13.0 Å². The molecule has 31 heavy (non-hydrogen) atoms. The van der Waals surface area contributed by atoms with Gasteiger partial charge in [-0.1, -0.05) is 36.4 Å². The zero-order valence-corrected chi connectivity index (χ0v) is 16.5. The summed E-state index contributed by atoms with van der Waals surface area (Å²) < 4.78 is 14.2. The van der Waals surface area contributed by atoms with Crippen LogP contribution < -0.4 is 5.32 Å². The molecule has 0 spiro atoms. The molecule has 0 radical (unpaired) electrons. The van der Waals surface area contributed by atoms with Gasteiger partial charge in [-0.3, -0.25) is 19.7 Å². The van der Waals surface area contributed by atoms with Gasteiger partial charge in [0, 0.05) is 28.4 Å². The fourth-order valence-corrected chi connectivity index (χ4v) is 3.87. The van der Waals surface area contributed by atoms with Crippen LogP contribution in [0.25, 0.3) is 0 Å². The molecule has 0 bridgehead atoms. The second kappa shape index (κ2) is 7.98. The van der Waals surface area contributed by atoms with Crippen molar-refractivity contribution in [3.63, 3.8) is 0 Å². The second-order valence-electron chi connectivity index (χ2n) is 7.23. The SMILES string of the molecule is Cc1c(C(=O)N2CC(=O)Nc3ccc(F)cc3[C@H]2c2ccccc2)cccc1[N+](=O)[O-]. The number of carbonyl (C=O) groups is 2. The standard InChI is InChI=1S/C23H18FN3O4/c1-14-17(8-5-9-20(14)27(30)31)23(29)26-13-21(28)25-19-11-10-16(24)12-18(19)22(26)15-6-3-2-4-7-15/h2-12,22H,13H2,1H3,(H,25,28)/t22-/m1/s1. The molecule has 1 atom stereocenters. The van der Waals surface area contributed by atoms with Gasteiger partial charge in [0.1, 0.15) is 12.4 Å². The highest BCUT2D eigenvalue weighted by Crippen LogP contribution is 2.37. The molecule has 0 aromatic heterocycles. The van der Waals surface area contributed by atoms with Gasteiger partial charge in [0.25, 0.3) is 11.6 Å². The summed E-state index contributed by atoms with van der Waals surface area (Å²) in [5, 5.41) is 14.1. The Bertz CT molecular complexity index is 1200. The van der Waals surface area contributed by atoms with Gasteiger partial charge in [-0.2, -0.15) is 0 Å². The van der Waals surface area contributed by atoms with E-state index in [1.54, 1.807) is 24.3 Å². The molecule has 0 fully saturated rings. The maximum Gasteiger partial charge on any atom is 0.273 e. The number of anilines is 1. The predicted octanol–water partition coefficient (Wildman–Crippen LogP) is 4.23. The Labute approximate surface area is 177 Å². The smallest absolute Gasteiger partial charge is 0.273 e. The molecular weight excluding hydrogens is 401 g/mol.